The van der Waals surface area contributed by atoms with Crippen molar-refractivity contribution in [2.45, 2.75) is 63.7 Å². The first kappa shape index (κ1) is 13.5. The van der Waals surface area contributed by atoms with E-state index in [0.717, 1.165) is 25.7 Å². The number of amides is 1. The minimum absolute atomic E-state index is 0.0202. The van der Waals surface area contributed by atoms with Gasteiger partial charge in [-0.3, -0.25) is 4.79 Å². The van der Waals surface area contributed by atoms with Gasteiger partial charge >= 0.3 is 0 Å². The molecular formula is C12H23NO3. The predicted octanol–water partition coefficient (Wildman–Crippen LogP) is 0.909. The van der Waals surface area contributed by atoms with Crippen LogP contribution in [-0.2, 0) is 4.79 Å². The van der Waals surface area contributed by atoms with E-state index in [0.29, 0.717) is 12.8 Å². The van der Waals surface area contributed by atoms with Gasteiger partial charge in [0.2, 0.25) is 5.91 Å². The van der Waals surface area contributed by atoms with Crippen molar-refractivity contribution in [1.82, 2.24) is 4.90 Å². The zero-order valence-corrected chi connectivity index (χ0v) is 10.2. The minimum Gasteiger partial charge on any atom is -0.393 e. The molecule has 3 unspecified atom stereocenters. The highest BCUT2D eigenvalue weighted by molar-refractivity contribution is 5.76. The van der Waals surface area contributed by atoms with Crippen LogP contribution in [0.2, 0.25) is 0 Å². The second kappa shape index (κ2) is 6.21. The Balaban J connectivity index is 2.42. The van der Waals surface area contributed by atoms with Gasteiger partial charge in [-0.2, -0.15) is 0 Å². The molecule has 1 fully saturated rings. The summed E-state index contributed by atoms with van der Waals surface area (Å²) in [6, 6.07) is -0.0322. The lowest BCUT2D eigenvalue weighted by atomic mass is 9.91. The summed E-state index contributed by atoms with van der Waals surface area (Å²) in [4.78, 5) is 13.5. The number of aliphatic hydroxyl groups is 2. The van der Waals surface area contributed by atoms with Gasteiger partial charge in [-0.25, -0.2) is 0 Å². The summed E-state index contributed by atoms with van der Waals surface area (Å²) in [7, 11) is 1.75. The molecule has 1 rings (SSSR count). The number of likely N-dealkylation sites (N-methyl/N-ethyl adjacent to an activating group) is 1. The van der Waals surface area contributed by atoms with Crippen molar-refractivity contribution in [2.75, 3.05) is 7.05 Å². The molecule has 1 saturated carbocycles. The maximum atomic E-state index is 11.8. The normalized spacial score (nSPS) is 27.5. The maximum Gasteiger partial charge on any atom is 0.222 e. The summed E-state index contributed by atoms with van der Waals surface area (Å²) < 4.78 is 0. The number of carbonyl (C=O) groups excluding carboxylic acids is 1. The van der Waals surface area contributed by atoms with E-state index in [1.807, 2.05) is 0 Å². The van der Waals surface area contributed by atoms with Gasteiger partial charge in [-0.15, -0.1) is 0 Å². The standard InChI is InChI=1S/C12H23NO3/c1-9(14)7-8-12(16)13(2)10-5-3-4-6-11(10)15/h9-11,14-15H,3-8H2,1-2H3. The Bertz CT molecular complexity index is 230. The molecule has 4 heteroatoms. The van der Waals surface area contributed by atoms with Crippen LogP contribution in [0, 0.1) is 0 Å². The van der Waals surface area contributed by atoms with Crippen LogP contribution < -0.4 is 0 Å². The highest BCUT2D eigenvalue weighted by atomic mass is 16.3. The van der Waals surface area contributed by atoms with Crippen LogP contribution >= 0.6 is 0 Å². The summed E-state index contributed by atoms with van der Waals surface area (Å²) in [5.41, 5.74) is 0. The Labute approximate surface area is 97.3 Å². The number of aliphatic hydroxyl groups excluding tert-OH is 2. The number of hydrogen-bond acceptors (Lipinski definition) is 3. The minimum atomic E-state index is -0.436. The first-order valence-electron chi connectivity index (χ1n) is 6.14. The third-order valence-corrected chi connectivity index (χ3v) is 3.36. The molecule has 4 nitrogen and oxygen atoms in total. The monoisotopic (exact) mass is 229 g/mol. The van der Waals surface area contributed by atoms with Gasteiger partial charge in [0.25, 0.3) is 0 Å². The van der Waals surface area contributed by atoms with Crippen LogP contribution in [0.3, 0.4) is 0 Å². The third-order valence-electron chi connectivity index (χ3n) is 3.36. The van der Waals surface area contributed by atoms with Gasteiger partial charge in [-0.1, -0.05) is 12.8 Å². The first-order valence-corrected chi connectivity index (χ1v) is 6.14. The molecule has 16 heavy (non-hydrogen) atoms. The molecule has 3 atom stereocenters. The molecule has 1 aliphatic rings. The van der Waals surface area contributed by atoms with Crippen molar-refractivity contribution >= 4 is 5.91 Å². The van der Waals surface area contributed by atoms with E-state index < -0.39 is 6.10 Å². The lowest BCUT2D eigenvalue weighted by Crippen LogP contribution is -2.46. The van der Waals surface area contributed by atoms with Crippen LogP contribution in [0.25, 0.3) is 0 Å². The van der Waals surface area contributed by atoms with E-state index in [2.05, 4.69) is 0 Å². The highest BCUT2D eigenvalue weighted by Gasteiger charge is 2.28. The molecule has 0 saturated heterocycles. The fourth-order valence-corrected chi connectivity index (χ4v) is 2.24. The summed E-state index contributed by atoms with van der Waals surface area (Å²) in [6.45, 7) is 1.68. The second-order valence-corrected chi connectivity index (χ2v) is 4.81. The summed E-state index contributed by atoms with van der Waals surface area (Å²) >= 11 is 0. The quantitative estimate of drug-likeness (QED) is 0.753. The summed E-state index contributed by atoms with van der Waals surface area (Å²) in [5, 5.41) is 18.9. The number of hydrogen-bond donors (Lipinski definition) is 2. The van der Waals surface area contributed by atoms with Crippen molar-refractivity contribution in [3.05, 3.63) is 0 Å². The predicted molar refractivity (Wildman–Crippen MR) is 61.9 cm³/mol. The van der Waals surface area contributed by atoms with Crippen molar-refractivity contribution < 1.29 is 15.0 Å². The topological polar surface area (TPSA) is 60.8 Å². The van der Waals surface area contributed by atoms with Gasteiger partial charge in [-0.05, 0) is 26.2 Å². The smallest absolute Gasteiger partial charge is 0.222 e. The molecular weight excluding hydrogens is 206 g/mol. The average molecular weight is 229 g/mol. The van der Waals surface area contributed by atoms with E-state index in [1.165, 1.54) is 0 Å². The molecule has 0 aromatic carbocycles. The zero-order valence-electron chi connectivity index (χ0n) is 10.2. The molecule has 0 heterocycles. The third kappa shape index (κ3) is 3.76. The average Bonchev–Trinajstić information content (AvgIpc) is 2.25. The van der Waals surface area contributed by atoms with Crippen LogP contribution in [-0.4, -0.2) is 46.3 Å². The van der Waals surface area contributed by atoms with Crippen molar-refractivity contribution in [3.8, 4) is 0 Å². The molecule has 1 aliphatic carbocycles. The number of rotatable bonds is 4. The van der Waals surface area contributed by atoms with Crippen LogP contribution in [0.1, 0.15) is 45.4 Å². The molecule has 0 radical (unpaired) electrons. The van der Waals surface area contributed by atoms with Gasteiger partial charge in [0.1, 0.15) is 0 Å². The zero-order chi connectivity index (χ0) is 12.1. The van der Waals surface area contributed by atoms with E-state index in [9.17, 15) is 9.90 Å². The fourth-order valence-electron chi connectivity index (χ4n) is 2.24. The van der Waals surface area contributed by atoms with Crippen molar-refractivity contribution in [3.63, 3.8) is 0 Å². The molecule has 1 amide bonds. The molecule has 0 bridgehead atoms. The van der Waals surface area contributed by atoms with Crippen LogP contribution in [0.5, 0.6) is 0 Å². The highest BCUT2D eigenvalue weighted by Crippen LogP contribution is 2.23. The molecule has 0 spiro atoms. The van der Waals surface area contributed by atoms with Crippen molar-refractivity contribution in [2.24, 2.45) is 0 Å². The first-order chi connectivity index (χ1) is 7.52. The summed E-state index contributed by atoms with van der Waals surface area (Å²) in [6.07, 6.45) is 3.84. The lowest BCUT2D eigenvalue weighted by Gasteiger charge is -2.35. The molecule has 2 N–H and O–H groups in total. The van der Waals surface area contributed by atoms with Crippen LogP contribution in [0.15, 0.2) is 0 Å². The van der Waals surface area contributed by atoms with Gasteiger partial charge in [0.05, 0.1) is 18.2 Å². The second-order valence-electron chi connectivity index (χ2n) is 4.81. The Morgan fingerprint density at radius 1 is 1.44 bits per heavy atom. The molecule has 94 valence electrons. The maximum absolute atomic E-state index is 11.8. The largest absolute Gasteiger partial charge is 0.393 e. The Hall–Kier alpha value is -0.610. The Kier molecular flexibility index (Phi) is 5.22. The van der Waals surface area contributed by atoms with Crippen molar-refractivity contribution in [1.29, 1.82) is 0 Å². The van der Waals surface area contributed by atoms with Gasteiger partial charge in [0, 0.05) is 13.5 Å². The lowest BCUT2D eigenvalue weighted by molar-refractivity contribution is -0.135. The van der Waals surface area contributed by atoms with Gasteiger partial charge in [0.15, 0.2) is 0 Å². The van der Waals surface area contributed by atoms with E-state index in [-0.39, 0.29) is 18.1 Å². The number of carbonyl (C=O) groups is 1. The van der Waals surface area contributed by atoms with E-state index in [4.69, 9.17) is 5.11 Å². The van der Waals surface area contributed by atoms with Crippen LogP contribution in [0.4, 0.5) is 0 Å². The van der Waals surface area contributed by atoms with Gasteiger partial charge < -0.3 is 15.1 Å². The molecule has 0 aromatic heterocycles. The Morgan fingerprint density at radius 2 is 2.06 bits per heavy atom. The number of nitrogens with zero attached hydrogens (tertiary/aromatic N) is 1. The van der Waals surface area contributed by atoms with E-state index >= 15 is 0 Å². The van der Waals surface area contributed by atoms with E-state index in [1.54, 1.807) is 18.9 Å². The molecule has 0 aromatic rings. The fraction of sp³-hybridized carbons (Fsp3) is 0.917. The Morgan fingerprint density at radius 3 is 2.62 bits per heavy atom. The SMILES string of the molecule is CC(O)CCC(=O)N(C)C1CCCCC1O. The molecule has 0 aliphatic heterocycles. The summed E-state index contributed by atoms with van der Waals surface area (Å²) in [5.74, 6) is 0.0202.